The van der Waals surface area contributed by atoms with Crippen LogP contribution in [0.25, 0.3) is 0 Å². The summed E-state index contributed by atoms with van der Waals surface area (Å²) in [6.07, 6.45) is 1.70. The zero-order valence-corrected chi connectivity index (χ0v) is 19.4. The van der Waals surface area contributed by atoms with Crippen molar-refractivity contribution >= 4 is 33.0 Å². The molecule has 29 heavy (non-hydrogen) atoms. The molecule has 0 unspecified atom stereocenters. The summed E-state index contributed by atoms with van der Waals surface area (Å²) in [5, 5.41) is 1.23. The molecule has 0 heterocycles. The number of hydrogen-bond donors (Lipinski definition) is 0. The molecule has 1 aliphatic carbocycles. The lowest BCUT2D eigenvalue weighted by Crippen LogP contribution is -2.40. The topological polar surface area (TPSA) is 49.9 Å². The number of hydrogen-bond acceptors (Lipinski definition) is 5. The van der Waals surface area contributed by atoms with Crippen molar-refractivity contribution in [1.29, 1.82) is 0 Å². The second kappa shape index (κ2) is 8.82. The zero-order chi connectivity index (χ0) is 21.3. The third-order valence-electron chi connectivity index (χ3n) is 5.25. The van der Waals surface area contributed by atoms with E-state index in [4.69, 9.17) is 27.9 Å². The van der Waals surface area contributed by atoms with Crippen LogP contribution in [-0.4, -0.2) is 64.7 Å². The lowest BCUT2D eigenvalue weighted by molar-refractivity contribution is 0.0907. The van der Waals surface area contributed by atoms with Crippen LogP contribution >= 0.6 is 23.2 Å². The second-order valence-corrected chi connectivity index (χ2v) is 10.7. The first kappa shape index (κ1) is 22.4. The first-order chi connectivity index (χ1) is 13.6. The molecule has 0 radical (unpaired) electrons. The van der Waals surface area contributed by atoms with E-state index < -0.39 is 9.84 Å². The minimum Gasteiger partial charge on any atom is -0.484 e. The average molecular weight is 457 g/mol. The molecule has 0 fully saturated rings. The van der Waals surface area contributed by atoms with Crippen LogP contribution in [0.2, 0.25) is 10.0 Å². The van der Waals surface area contributed by atoms with Crippen molar-refractivity contribution < 1.29 is 13.2 Å². The number of ether oxygens (including phenoxy) is 1. The molecule has 0 aliphatic heterocycles. The van der Waals surface area contributed by atoms with Crippen LogP contribution in [0, 0.1) is 0 Å². The fourth-order valence-corrected chi connectivity index (χ4v) is 4.80. The quantitative estimate of drug-likeness (QED) is 0.631. The maximum absolute atomic E-state index is 11.7. The molecule has 2 aromatic rings. The lowest BCUT2D eigenvalue weighted by atomic mass is 10.1. The molecule has 1 aliphatic rings. The van der Waals surface area contributed by atoms with Crippen molar-refractivity contribution in [2.45, 2.75) is 23.5 Å². The maximum atomic E-state index is 11.7. The van der Waals surface area contributed by atoms with Gasteiger partial charge in [-0.15, -0.1) is 0 Å². The van der Waals surface area contributed by atoms with Crippen molar-refractivity contribution in [3.8, 4) is 5.75 Å². The molecule has 8 heteroatoms. The third kappa shape index (κ3) is 5.25. The third-order valence-corrected chi connectivity index (χ3v) is 6.93. The van der Waals surface area contributed by atoms with Gasteiger partial charge in [0.2, 0.25) is 0 Å². The molecule has 5 nitrogen and oxygen atoms in total. The van der Waals surface area contributed by atoms with E-state index in [1.807, 2.05) is 20.2 Å². The Balaban J connectivity index is 1.91. The summed E-state index contributed by atoms with van der Waals surface area (Å²) in [6.45, 7) is 1.80. The molecule has 0 amide bonds. The van der Waals surface area contributed by atoms with Crippen LogP contribution in [0.15, 0.2) is 41.3 Å². The monoisotopic (exact) mass is 456 g/mol. The molecule has 0 aromatic heterocycles. The number of likely N-dealkylation sites (N-methyl/N-ethyl adjacent to an activating group) is 2. The molecule has 3 rings (SSSR count). The van der Waals surface area contributed by atoms with E-state index in [0.717, 1.165) is 30.6 Å². The highest BCUT2D eigenvalue weighted by Crippen LogP contribution is 2.42. The molecule has 2 aromatic carbocycles. The number of sulfone groups is 1. The van der Waals surface area contributed by atoms with Gasteiger partial charge in [-0.25, -0.2) is 8.42 Å². The average Bonchev–Trinajstić information content (AvgIpc) is 2.98. The van der Waals surface area contributed by atoms with Gasteiger partial charge in [-0.1, -0.05) is 23.2 Å². The molecule has 0 bridgehead atoms. The maximum Gasteiger partial charge on any atom is 0.175 e. The highest BCUT2D eigenvalue weighted by atomic mass is 35.5. The number of halogens is 2. The molecular formula is C21H26Cl2N2O3S. The standard InChI is InChI=1S/C21H26Cl2N2O3S/c1-24(2)9-10-25(3)20-13-17-18(11-14(22)12-19(17)23)21(20)28-15-5-7-16(8-6-15)29(4,26)27/h5-8,11-12,20-21H,9-10,13H2,1-4H3/t20-,21+/m0/s1. The molecule has 158 valence electrons. The van der Waals surface area contributed by atoms with Crippen molar-refractivity contribution in [1.82, 2.24) is 9.80 Å². The lowest BCUT2D eigenvalue weighted by Gasteiger charge is -2.31. The zero-order valence-electron chi connectivity index (χ0n) is 17.0. The Morgan fingerprint density at radius 2 is 1.72 bits per heavy atom. The van der Waals surface area contributed by atoms with Crippen molar-refractivity contribution in [2.75, 3.05) is 40.5 Å². The van der Waals surface area contributed by atoms with Gasteiger partial charge in [0.15, 0.2) is 9.84 Å². The minimum absolute atomic E-state index is 0.0931. The predicted molar refractivity (Wildman–Crippen MR) is 118 cm³/mol. The van der Waals surface area contributed by atoms with E-state index in [1.54, 1.807) is 30.3 Å². The molecular weight excluding hydrogens is 431 g/mol. The Labute approximate surface area is 183 Å². The van der Waals surface area contributed by atoms with Crippen LogP contribution in [0.1, 0.15) is 17.2 Å². The fourth-order valence-electron chi connectivity index (χ4n) is 3.58. The summed E-state index contributed by atoms with van der Waals surface area (Å²) in [5.74, 6) is 0.609. The summed E-state index contributed by atoms with van der Waals surface area (Å²) in [5.41, 5.74) is 2.03. The van der Waals surface area contributed by atoms with Crippen LogP contribution in [0.5, 0.6) is 5.75 Å². The molecule has 2 atom stereocenters. The van der Waals surface area contributed by atoms with E-state index in [9.17, 15) is 8.42 Å². The first-order valence-corrected chi connectivity index (χ1v) is 12.0. The van der Waals surface area contributed by atoms with Gasteiger partial charge in [0, 0.05) is 35.0 Å². The van der Waals surface area contributed by atoms with E-state index in [1.165, 1.54) is 6.26 Å². The predicted octanol–water partition coefficient (Wildman–Crippen LogP) is 3.94. The number of rotatable bonds is 7. The van der Waals surface area contributed by atoms with Gasteiger partial charge in [-0.05, 0) is 69.5 Å². The summed E-state index contributed by atoms with van der Waals surface area (Å²) in [4.78, 5) is 4.68. The number of nitrogens with zero attached hydrogens (tertiary/aromatic N) is 2. The Hall–Kier alpha value is -1.31. The van der Waals surface area contributed by atoms with Crippen molar-refractivity contribution in [3.05, 3.63) is 57.6 Å². The second-order valence-electron chi connectivity index (χ2n) is 7.79. The van der Waals surface area contributed by atoms with Crippen molar-refractivity contribution in [3.63, 3.8) is 0 Å². The van der Waals surface area contributed by atoms with Crippen LogP contribution in [-0.2, 0) is 16.3 Å². The van der Waals surface area contributed by atoms with Gasteiger partial charge in [-0.3, -0.25) is 4.90 Å². The molecule has 0 saturated carbocycles. The summed E-state index contributed by atoms with van der Waals surface area (Å²) >= 11 is 12.7. The van der Waals surface area contributed by atoms with E-state index >= 15 is 0 Å². The van der Waals surface area contributed by atoms with Gasteiger partial charge >= 0.3 is 0 Å². The van der Waals surface area contributed by atoms with Gasteiger partial charge in [0.05, 0.1) is 10.9 Å². The van der Waals surface area contributed by atoms with Gasteiger partial charge in [0.1, 0.15) is 11.9 Å². The minimum atomic E-state index is -3.25. The van der Waals surface area contributed by atoms with E-state index in [0.29, 0.717) is 15.8 Å². The molecule has 0 spiro atoms. The smallest absolute Gasteiger partial charge is 0.175 e. The van der Waals surface area contributed by atoms with E-state index in [2.05, 4.69) is 16.8 Å². The first-order valence-electron chi connectivity index (χ1n) is 9.36. The van der Waals surface area contributed by atoms with Gasteiger partial charge in [-0.2, -0.15) is 0 Å². The van der Waals surface area contributed by atoms with Crippen LogP contribution in [0.3, 0.4) is 0 Å². The van der Waals surface area contributed by atoms with Crippen LogP contribution < -0.4 is 4.74 Å². The van der Waals surface area contributed by atoms with E-state index in [-0.39, 0.29) is 17.0 Å². The number of fused-ring (bicyclic) bond motifs is 1. The summed E-state index contributed by atoms with van der Waals surface area (Å²) < 4.78 is 29.8. The summed E-state index contributed by atoms with van der Waals surface area (Å²) in [7, 11) is 2.93. The number of benzene rings is 2. The largest absolute Gasteiger partial charge is 0.484 e. The van der Waals surface area contributed by atoms with Crippen LogP contribution in [0.4, 0.5) is 0 Å². The highest BCUT2D eigenvalue weighted by molar-refractivity contribution is 7.90. The van der Waals surface area contributed by atoms with Crippen molar-refractivity contribution in [2.24, 2.45) is 0 Å². The SMILES string of the molecule is CN(C)CCN(C)[C@H]1Cc2c(Cl)cc(Cl)cc2[C@H]1Oc1ccc(S(C)(=O)=O)cc1. The Bertz CT molecular complexity index is 978. The highest BCUT2D eigenvalue weighted by Gasteiger charge is 2.38. The van der Waals surface area contributed by atoms with Gasteiger partial charge < -0.3 is 9.64 Å². The molecule has 0 saturated heterocycles. The Morgan fingerprint density at radius 3 is 2.31 bits per heavy atom. The normalized spacial score (nSPS) is 19.0. The summed E-state index contributed by atoms with van der Waals surface area (Å²) in [6, 6.07) is 10.3. The van der Waals surface area contributed by atoms with Gasteiger partial charge in [0.25, 0.3) is 0 Å². The Morgan fingerprint density at radius 1 is 1.07 bits per heavy atom. The fraction of sp³-hybridized carbons (Fsp3) is 0.429. The molecule has 0 N–H and O–H groups in total. The Kier molecular flexibility index (Phi) is 6.81.